The van der Waals surface area contributed by atoms with E-state index in [0.717, 1.165) is 25.7 Å². The lowest BCUT2D eigenvalue weighted by atomic mass is 9.84. The van der Waals surface area contributed by atoms with Gasteiger partial charge in [0.25, 0.3) is 0 Å². The summed E-state index contributed by atoms with van der Waals surface area (Å²) in [6, 6.07) is 3.37. The standard InChI is InChI=1S/C15H19NO4/c1-19-15(18)12-6-2-3-7-13(12)16-14(17)9-8-11-5-4-10-20-11/h4-5,8-10,12-13H,2-3,6-7H2,1H3,(H,16,17). The van der Waals surface area contributed by atoms with E-state index in [2.05, 4.69) is 5.32 Å². The summed E-state index contributed by atoms with van der Waals surface area (Å²) in [5.74, 6) is -0.0877. The second-order valence-electron chi connectivity index (χ2n) is 4.88. The van der Waals surface area contributed by atoms with Gasteiger partial charge >= 0.3 is 5.97 Å². The summed E-state index contributed by atoms with van der Waals surface area (Å²) in [5.41, 5.74) is 0. The van der Waals surface area contributed by atoms with E-state index in [0.29, 0.717) is 5.76 Å². The molecule has 5 heteroatoms. The first-order valence-electron chi connectivity index (χ1n) is 6.80. The molecule has 2 rings (SSSR count). The quantitative estimate of drug-likeness (QED) is 0.676. The Kier molecular flexibility index (Phi) is 4.98. The summed E-state index contributed by atoms with van der Waals surface area (Å²) in [5, 5.41) is 2.88. The molecule has 1 aliphatic rings. The molecule has 1 amide bonds. The molecule has 1 saturated carbocycles. The minimum Gasteiger partial charge on any atom is -0.469 e. The third-order valence-corrected chi connectivity index (χ3v) is 3.54. The predicted molar refractivity (Wildman–Crippen MR) is 73.6 cm³/mol. The molecule has 0 saturated heterocycles. The van der Waals surface area contributed by atoms with Crippen molar-refractivity contribution in [3.63, 3.8) is 0 Å². The second kappa shape index (κ2) is 6.93. The van der Waals surface area contributed by atoms with Crippen LogP contribution in [0.15, 0.2) is 28.9 Å². The highest BCUT2D eigenvalue weighted by molar-refractivity contribution is 5.92. The molecule has 0 spiro atoms. The molecule has 1 aromatic heterocycles. The number of hydrogen-bond donors (Lipinski definition) is 1. The first-order valence-corrected chi connectivity index (χ1v) is 6.80. The van der Waals surface area contributed by atoms with Gasteiger partial charge in [0.2, 0.25) is 5.91 Å². The molecule has 1 aromatic rings. The minimum absolute atomic E-state index is 0.148. The van der Waals surface area contributed by atoms with E-state index < -0.39 is 0 Å². The van der Waals surface area contributed by atoms with Gasteiger partial charge in [0.1, 0.15) is 5.76 Å². The lowest BCUT2D eigenvalue weighted by molar-refractivity contribution is -0.147. The van der Waals surface area contributed by atoms with Gasteiger partial charge < -0.3 is 14.5 Å². The number of furan rings is 1. The Labute approximate surface area is 118 Å². The molecule has 0 aliphatic heterocycles. The van der Waals surface area contributed by atoms with Crippen LogP contribution < -0.4 is 5.32 Å². The van der Waals surface area contributed by atoms with Crippen molar-refractivity contribution in [2.75, 3.05) is 7.11 Å². The van der Waals surface area contributed by atoms with Gasteiger partial charge in [-0.15, -0.1) is 0 Å². The van der Waals surface area contributed by atoms with Crippen LogP contribution in [0.4, 0.5) is 0 Å². The summed E-state index contributed by atoms with van der Waals surface area (Å²) in [6.07, 6.45) is 8.15. The monoisotopic (exact) mass is 277 g/mol. The van der Waals surface area contributed by atoms with Crippen LogP contribution in [0, 0.1) is 5.92 Å². The lowest BCUT2D eigenvalue weighted by Crippen LogP contribution is -2.44. The van der Waals surface area contributed by atoms with Crippen LogP contribution >= 0.6 is 0 Å². The number of esters is 1. The highest BCUT2D eigenvalue weighted by atomic mass is 16.5. The summed E-state index contributed by atoms with van der Waals surface area (Å²) in [7, 11) is 1.38. The first kappa shape index (κ1) is 14.4. The summed E-state index contributed by atoms with van der Waals surface area (Å²) in [6.45, 7) is 0. The number of methoxy groups -OCH3 is 1. The Morgan fingerprint density at radius 1 is 1.40 bits per heavy atom. The van der Waals surface area contributed by atoms with Crippen LogP contribution in [-0.2, 0) is 14.3 Å². The lowest BCUT2D eigenvalue weighted by Gasteiger charge is -2.29. The normalized spacial score (nSPS) is 22.6. The van der Waals surface area contributed by atoms with Gasteiger partial charge in [-0.25, -0.2) is 0 Å². The highest BCUT2D eigenvalue weighted by Crippen LogP contribution is 2.25. The van der Waals surface area contributed by atoms with E-state index in [9.17, 15) is 9.59 Å². The molecule has 1 N–H and O–H groups in total. The average Bonchev–Trinajstić information content (AvgIpc) is 2.98. The molecule has 1 aliphatic carbocycles. The van der Waals surface area contributed by atoms with E-state index >= 15 is 0 Å². The Morgan fingerprint density at radius 2 is 2.20 bits per heavy atom. The van der Waals surface area contributed by atoms with Crippen LogP contribution in [0.3, 0.4) is 0 Å². The van der Waals surface area contributed by atoms with E-state index in [-0.39, 0.29) is 23.8 Å². The van der Waals surface area contributed by atoms with Gasteiger partial charge in [-0.3, -0.25) is 9.59 Å². The second-order valence-corrected chi connectivity index (χ2v) is 4.88. The number of rotatable bonds is 4. The molecule has 20 heavy (non-hydrogen) atoms. The number of nitrogens with one attached hydrogen (secondary N) is 1. The molecule has 0 radical (unpaired) electrons. The number of carbonyl (C=O) groups excluding carboxylic acids is 2. The van der Waals surface area contributed by atoms with Crippen molar-refractivity contribution in [3.05, 3.63) is 30.2 Å². The molecular formula is C15H19NO4. The number of carbonyl (C=O) groups is 2. The van der Waals surface area contributed by atoms with Crippen molar-refractivity contribution in [1.82, 2.24) is 5.32 Å². The molecule has 2 atom stereocenters. The van der Waals surface area contributed by atoms with Gasteiger partial charge in [0.15, 0.2) is 0 Å². The van der Waals surface area contributed by atoms with Crippen LogP contribution in [0.1, 0.15) is 31.4 Å². The SMILES string of the molecule is COC(=O)C1CCCCC1NC(=O)C=Cc1ccco1. The van der Waals surface area contributed by atoms with Gasteiger partial charge in [-0.05, 0) is 31.1 Å². The molecule has 5 nitrogen and oxygen atoms in total. The van der Waals surface area contributed by atoms with Crippen molar-refractivity contribution < 1.29 is 18.7 Å². The summed E-state index contributed by atoms with van der Waals surface area (Å²) >= 11 is 0. The summed E-state index contributed by atoms with van der Waals surface area (Å²) < 4.78 is 9.91. The van der Waals surface area contributed by atoms with E-state index in [1.54, 1.807) is 24.5 Å². The predicted octanol–water partition coefficient (Wildman–Crippen LogP) is 2.14. The van der Waals surface area contributed by atoms with Crippen molar-refractivity contribution in [2.24, 2.45) is 5.92 Å². The van der Waals surface area contributed by atoms with Crippen molar-refractivity contribution >= 4 is 18.0 Å². The summed E-state index contributed by atoms with van der Waals surface area (Å²) in [4.78, 5) is 23.6. The third kappa shape index (κ3) is 3.73. The fraction of sp³-hybridized carbons (Fsp3) is 0.467. The topological polar surface area (TPSA) is 68.5 Å². The largest absolute Gasteiger partial charge is 0.469 e. The Hall–Kier alpha value is -2.04. The minimum atomic E-state index is -0.245. The maximum atomic E-state index is 11.9. The zero-order valence-corrected chi connectivity index (χ0v) is 11.5. The smallest absolute Gasteiger partial charge is 0.310 e. The molecule has 0 bridgehead atoms. The van der Waals surface area contributed by atoms with Crippen LogP contribution in [-0.4, -0.2) is 25.0 Å². The van der Waals surface area contributed by atoms with E-state index in [1.807, 2.05) is 0 Å². The van der Waals surface area contributed by atoms with Gasteiger partial charge in [0, 0.05) is 12.1 Å². The highest BCUT2D eigenvalue weighted by Gasteiger charge is 2.32. The number of amides is 1. The third-order valence-electron chi connectivity index (χ3n) is 3.54. The molecular weight excluding hydrogens is 258 g/mol. The zero-order chi connectivity index (χ0) is 14.4. The molecule has 108 valence electrons. The van der Waals surface area contributed by atoms with Crippen LogP contribution in [0.25, 0.3) is 6.08 Å². The maximum Gasteiger partial charge on any atom is 0.310 e. The Bertz CT molecular complexity index is 478. The van der Waals surface area contributed by atoms with Crippen molar-refractivity contribution in [2.45, 2.75) is 31.7 Å². The maximum absolute atomic E-state index is 11.9. The fourth-order valence-electron chi connectivity index (χ4n) is 2.51. The Morgan fingerprint density at radius 3 is 2.90 bits per heavy atom. The molecule has 2 unspecified atom stereocenters. The molecule has 0 aromatic carbocycles. The number of hydrogen-bond acceptors (Lipinski definition) is 4. The van der Waals surface area contributed by atoms with Crippen LogP contribution in [0.2, 0.25) is 0 Å². The number of ether oxygens (including phenoxy) is 1. The van der Waals surface area contributed by atoms with Crippen LogP contribution in [0.5, 0.6) is 0 Å². The Balaban J connectivity index is 1.93. The van der Waals surface area contributed by atoms with E-state index in [4.69, 9.17) is 9.15 Å². The van der Waals surface area contributed by atoms with Gasteiger partial charge in [0.05, 0.1) is 19.3 Å². The zero-order valence-electron chi connectivity index (χ0n) is 11.5. The molecule has 1 heterocycles. The van der Waals surface area contributed by atoms with Gasteiger partial charge in [-0.1, -0.05) is 12.8 Å². The van der Waals surface area contributed by atoms with Crippen molar-refractivity contribution in [3.8, 4) is 0 Å². The molecule has 1 fully saturated rings. The average molecular weight is 277 g/mol. The van der Waals surface area contributed by atoms with Crippen molar-refractivity contribution in [1.29, 1.82) is 0 Å². The van der Waals surface area contributed by atoms with E-state index in [1.165, 1.54) is 13.2 Å². The fourth-order valence-corrected chi connectivity index (χ4v) is 2.51. The first-order chi connectivity index (χ1) is 9.70. The van der Waals surface area contributed by atoms with Gasteiger partial charge in [-0.2, -0.15) is 0 Å².